The molecule has 0 radical (unpaired) electrons. The van der Waals surface area contributed by atoms with Gasteiger partial charge in [-0.25, -0.2) is 4.98 Å². The van der Waals surface area contributed by atoms with Crippen molar-refractivity contribution < 1.29 is 4.74 Å². The van der Waals surface area contributed by atoms with Crippen molar-refractivity contribution in [2.75, 3.05) is 19.7 Å². The maximum absolute atomic E-state index is 5.73. The molecule has 1 aliphatic heterocycles. The van der Waals surface area contributed by atoms with Gasteiger partial charge < -0.3 is 10.1 Å². The van der Waals surface area contributed by atoms with Crippen LogP contribution in [0, 0.1) is 5.92 Å². The predicted octanol–water partition coefficient (Wildman–Crippen LogP) is 2.36. The van der Waals surface area contributed by atoms with Crippen LogP contribution in [0.3, 0.4) is 0 Å². The highest BCUT2D eigenvalue weighted by Crippen LogP contribution is 2.12. The molecule has 1 N–H and O–H groups in total. The highest BCUT2D eigenvalue weighted by molar-refractivity contribution is 9.10. The summed E-state index contributed by atoms with van der Waals surface area (Å²) in [7, 11) is 0. The number of hydrogen-bond donors (Lipinski definition) is 1. The van der Waals surface area contributed by atoms with Gasteiger partial charge in [0.05, 0.1) is 13.2 Å². The van der Waals surface area contributed by atoms with E-state index in [2.05, 4.69) is 26.2 Å². The Morgan fingerprint density at radius 1 is 1.56 bits per heavy atom. The van der Waals surface area contributed by atoms with Crippen LogP contribution < -0.4 is 5.32 Å². The van der Waals surface area contributed by atoms with Crippen molar-refractivity contribution >= 4 is 15.9 Å². The van der Waals surface area contributed by atoms with Gasteiger partial charge in [0.25, 0.3) is 0 Å². The summed E-state index contributed by atoms with van der Waals surface area (Å²) >= 11 is 3.35. The molecule has 2 heterocycles. The van der Waals surface area contributed by atoms with E-state index in [-0.39, 0.29) is 0 Å². The number of aromatic nitrogens is 1. The molecule has 1 aliphatic rings. The van der Waals surface area contributed by atoms with Crippen LogP contribution in [0.25, 0.3) is 0 Å². The average molecular weight is 285 g/mol. The number of nitrogens with one attached hydrogen (secondary N) is 1. The van der Waals surface area contributed by atoms with E-state index in [9.17, 15) is 0 Å². The first-order valence-electron chi connectivity index (χ1n) is 5.73. The molecule has 1 fully saturated rings. The van der Waals surface area contributed by atoms with Crippen molar-refractivity contribution in [1.82, 2.24) is 10.3 Å². The Hall–Kier alpha value is -0.450. The molecule has 1 aromatic rings. The lowest BCUT2D eigenvalue weighted by atomic mass is 10.0. The lowest BCUT2D eigenvalue weighted by molar-refractivity contribution is 0.0782. The van der Waals surface area contributed by atoms with Gasteiger partial charge in [-0.15, -0.1) is 0 Å². The SMILES string of the molecule is Brc1cc(COC[C@H]2CCCNC2)ccn1. The number of nitrogens with zero attached hydrogens (tertiary/aromatic N) is 1. The topological polar surface area (TPSA) is 34.1 Å². The molecular weight excluding hydrogens is 268 g/mol. The van der Waals surface area contributed by atoms with Crippen LogP contribution in [-0.4, -0.2) is 24.7 Å². The molecule has 0 spiro atoms. The normalized spacial score (nSPS) is 20.9. The van der Waals surface area contributed by atoms with Crippen molar-refractivity contribution in [3.63, 3.8) is 0 Å². The molecule has 3 nitrogen and oxygen atoms in total. The predicted molar refractivity (Wildman–Crippen MR) is 67.2 cm³/mol. The Morgan fingerprint density at radius 2 is 2.50 bits per heavy atom. The zero-order valence-electron chi connectivity index (χ0n) is 9.29. The molecule has 16 heavy (non-hydrogen) atoms. The zero-order chi connectivity index (χ0) is 11.2. The number of ether oxygens (including phenoxy) is 1. The fourth-order valence-electron chi connectivity index (χ4n) is 1.94. The van der Waals surface area contributed by atoms with Gasteiger partial charge in [-0.1, -0.05) is 0 Å². The summed E-state index contributed by atoms with van der Waals surface area (Å²) in [5, 5.41) is 3.40. The molecule has 0 saturated carbocycles. The zero-order valence-corrected chi connectivity index (χ0v) is 10.9. The number of rotatable bonds is 4. The maximum Gasteiger partial charge on any atom is 0.106 e. The molecule has 2 rings (SSSR count). The van der Waals surface area contributed by atoms with Crippen molar-refractivity contribution in [3.8, 4) is 0 Å². The standard InChI is InChI=1S/C12H17BrN2O/c13-12-6-10(3-5-15-12)8-16-9-11-2-1-4-14-7-11/h3,5-6,11,14H,1-2,4,7-9H2/t11-/m0/s1. The Balaban J connectivity index is 1.71. The molecule has 0 unspecified atom stereocenters. The van der Waals surface area contributed by atoms with E-state index in [4.69, 9.17) is 4.74 Å². The van der Waals surface area contributed by atoms with E-state index in [1.54, 1.807) is 6.20 Å². The highest BCUT2D eigenvalue weighted by atomic mass is 79.9. The van der Waals surface area contributed by atoms with Crippen LogP contribution in [0.2, 0.25) is 0 Å². The van der Waals surface area contributed by atoms with Crippen molar-refractivity contribution in [1.29, 1.82) is 0 Å². The minimum Gasteiger partial charge on any atom is -0.376 e. The number of halogens is 1. The van der Waals surface area contributed by atoms with Crippen LogP contribution in [0.4, 0.5) is 0 Å². The molecular formula is C12H17BrN2O. The first-order chi connectivity index (χ1) is 7.84. The van der Waals surface area contributed by atoms with Gasteiger partial charge in [-0.3, -0.25) is 0 Å². The minimum absolute atomic E-state index is 0.678. The Kier molecular flexibility index (Phi) is 4.75. The second-order valence-electron chi connectivity index (χ2n) is 4.21. The Morgan fingerprint density at radius 3 is 3.25 bits per heavy atom. The highest BCUT2D eigenvalue weighted by Gasteiger charge is 2.12. The third-order valence-electron chi connectivity index (χ3n) is 2.81. The second-order valence-corrected chi connectivity index (χ2v) is 5.03. The van der Waals surface area contributed by atoms with E-state index in [1.165, 1.54) is 18.4 Å². The third-order valence-corrected chi connectivity index (χ3v) is 3.25. The lowest BCUT2D eigenvalue weighted by Crippen LogP contribution is -2.32. The second kappa shape index (κ2) is 6.33. The Labute approximate surface area is 105 Å². The van der Waals surface area contributed by atoms with E-state index in [0.717, 1.165) is 24.3 Å². The summed E-state index contributed by atoms with van der Waals surface area (Å²) in [6.45, 7) is 3.79. The van der Waals surface area contributed by atoms with Gasteiger partial charge in [0.2, 0.25) is 0 Å². The molecule has 88 valence electrons. The van der Waals surface area contributed by atoms with E-state index < -0.39 is 0 Å². The first-order valence-corrected chi connectivity index (χ1v) is 6.53. The van der Waals surface area contributed by atoms with Crippen LogP contribution in [0.5, 0.6) is 0 Å². The number of pyridine rings is 1. The summed E-state index contributed by atoms with van der Waals surface area (Å²) < 4.78 is 6.59. The quantitative estimate of drug-likeness (QED) is 0.862. The summed E-state index contributed by atoms with van der Waals surface area (Å²) in [4.78, 5) is 4.09. The van der Waals surface area contributed by atoms with Crippen LogP contribution >= 0.6 is 15.9 Å². The van der Waals surface area contributed by atoms with E-state index >= 15 is 0 Å². The summed E-state index contributed by atoms with van der Waals surface area (Å²) in [5.41, 5.74) is 1.17. The van der Waals surface area contributed by atoms with Gasteiger partial charge in [0, 0.05) is 12.7 Å². The molecule has 1 saturated heterocycles. The van der Waals surface area contributed by atoms with Gasteiger partial charge in [-0.2, -0.15) is 0 Å². The fourth-order valence-corrected chi connectivity index (χ4v) is 2.35. The summed E-state index contributed by atoms with van der Waals surface area (Å²) in [6.07, 6.45) is 4.35. The van der Waals surface area contributed by atoms with Gasteiger partial charge >= 0.3 is 0 Å². The number of hydrogen-bond acceptors (Lipinski definition) is 3. The average Bonchev–Trinajstić information content (AvgIpc) is 2.30. The molecule has 0 aliphatic carbocycles. The molecule has 4 heteroatoms. The lowest BCUT2D eigenvalue weighted by Gasteiger charge is -2.22. The van der Waals surface area contributed by atoms with Crippen LogP contribution in [0.15, 0.2) is 22.9 Å². The van der Waals surface area contributed by atoms with Crippen molar-refractivity contribution in [2.24, 2.45) is 5.92 Å². The van der Waals surface area contributed by atoms with E-state index in [1.807, 2.05) is 12.1 Å². The van der Waals surface area contributed by atoms with Crippen LogP contribution in [0.1, 0.15) is 18.4 Å². The maximum atomic E-state index is 5.73. The van der Waals surface area contributed by atoms with Crippen molar-refractivity contribution in [2.45, 2.75) is 19.4 Å². The van der Waals surface area contributed by atoms with Gasteiger partial charge in [0.1, 0.15) is 4.60 Å². The summed E-state index contributed by atoms with van der Waals surface area (Å²) in [6, 6.07) is 3.99. The molecule has 0 bridgehead atoms. The molecule has 0 aromatic carbocycles. The smallest absolute Gasteiger partial charge is 0.106 e. The minimum atomic E-state index is 0.678. The first kappa shape index (κ1) is 12.0. The van der Waals surface area contributed by atoms with Gasteiger partial charge in [-0.05, 0) is 58.9 Å². The third kappa shape index (κ3) is 3.85. The molecule has 1 atom stereocenters. The summed E-state index contributed by atoms with van der Waals surface area (Å²) in [5.74, 6) is 0.680. The largest absolute Gasteiger partial charge is 0.376 e. The number of piperidine rings is 1. The molecule has 0 amide bonds. The fraction of sp³-hybridized carbons (Fsp3) is 0.583. The van der Waals surface area contributed by atoms with Crippen LogP contribution in [-0.2, 0) is 11.3 Å². The van der Waals surface area contributed by atoms with E-state index in [0.29, 0.717) is 12.5 Å². The molecule has 1 aromatic heterocycles. The van der Waals surface area contributed by atoms with Crippen molar-refractivity contribution in [3.05, 3.63) is 28.5 Å². The Bertz CT molecular complexity index is 327. The van der Waals surface area contributed by atoms with Gasteiger partial charge in [0.15, 0.2) is 0 Å². The monoisotopic (exact) mass is 284 g/mol.